The molecule has 1 aromatic heterocycles. The zero-order valence-electron chi connectivity index (χ0n) is 23.5. The Morgan fingerprint density at radius 1 is 1.18 bits per heavy atom. The molecule has 2 aromatic rings. The second-order valence-electron chi connectivity index (χ2n) is 13.6. The summed E-state index contributed by atoms with van der Waals surface area (Å²) in [6.45, 7) is 14.4. The van der Waals surface area contributed by atoms with E-state index in [1.807, 2.05) is 19.1 Å². The molecule has 8 atom stereocenters. The van der Waals surface area contributed by atoms with E-state index in [-0.39, 0.29) is 46.0 Å². The highest BCUT2D eigenvalue weighted by atomic mass is 19.1. The largest absolute Gasteiger partial charge is 0.464 e. The first-order valence-electron chi connectivity index (χ1n) is 13.9. The molecule has 208 valence electrons. The Kier molecular flexibility index (Phi) is 4.82. The number of ether oxygens (including phenoxy) is 3. The lowest BCUT2D eigenvalue weighted by atomic mass is 9.58. The minimum absolute atomic E-state index is 0.0157. The van der Waals surface area contributed by atoms with Gasteiger partial charge in [-0.05, 0) is 78.3 Å². The molecule has 1 aliphatic heterocycles. The number of rotatable bonds is 2. The monoisotopic (exact) mass is 537 g/mol. The summed E-state index contributed by atoms with van der Waals surface area (Å²) < 4.78 is 39.3. The molecule has 2 saturated carbocycles. The average Bonchev–Trinajstić information content (AvgIpc) is 3.14. The number of allylic oxidation sites excluding steroid dienone is 1. The van der Waals surface area contributed by atoms with E-state index in [9.17, 15) is 14.3 Å². The van der Waals surface area contributed by atoms with Crippen molar-refractivity contribution in [1.29, 1.82) is 0 Å². The summed E-state index contributed by atoms with van der Waals surface area (Å²) in [6.07, 6.45) is 2.79. The first-order valence-corrected chi connectivity index (χ1v) is 13.9. The minimum Gasteiger partial charge on any atom is -0.464 e. The fraction of sp³-hybridized carbons (Fsp3) is 0.613. The van der Waals surface area contributed by atoms with Crippen molar-refractivity contribution in [2.75, 3.05) is 6.61 Å². The van der Waals surface area contributed by atoms with Gasteiger partial charge in [0.1, 0.15) is 17.3 Å². The van der Waals surface area contributed by atoms with Crippen LogP contribution in [0.15, 0.2) is 46.0 Å². The first kappa shape index (κ1) is 25.4. The number of carbonyl (C=O) groups excluding carboxylic acids is 1. The van der Waals surface area contributed by atoms with Crippen LogP contribution in [0.25, 0.3) is 11.0 Å². The number of hydrogen-bond acceptors (Lipinski definition) is 7. The maximum Gasteiger partial charge on any atom is 0.265 e. The van der Waals surface area contributed by atoms with Crippen molar-refractivity contribution in [3.05, 3.63) is 47.3 Å². The van der Waals surface area contributed by atoms with E-state index in [2.05, 4.69) is 32.9 Å². The minimum atomic E-state index is -1.83. The zero-order chi connectivity index (χ0) is 27.9. The molecule has 7 nitrogen and oxygen atoms in total. The number of benzene rings is 1. The van der Waals surface area contributed by atoms with Gasteiger partial charge in [-0.1, -0.05) is 45.9 Å². The van der Waals surface area contributed by atoms with Crippen molar-refractivity contribution in [2.45, 2.75) is 78.5 Å². The van der Waals surface area contributed by atoms with Gasteiger partial charge < -0.3 is 23.8 Å². The Hall–Kier alpha value is -2.55. The average molecular weight is 538 g/mol. The van der Waals surface area contributed by atoms with Crippen LogP contribution in [0.5, 0.6) is 5.88 Å². The van der Waals surface area contributed by atoms with Crippen LogP contribution in [0.3, 0.4) is 0 Å². The Labute approximate surface area is 227 Å². The van der Waals surface area contributed by atoms with Crippen molar-refractivity contribution < 1.29 is 33.0 Å². The first-order chi connectivity index (χ1) is 18.2. The highest BCUT2D eigenvalue weighted by Crippen LogP contribution is 2.79. The summed E-state index contributed by atoms with van der Waals surface area (Å²) in [5.74, 6) is -1.93. The number of carbonyl (C=O) groups is 1. The highest BCUT2D eigenvalue weighted by molar-refractivity contribution is 5.96. The fourth-order valence-corrected chi connectivity index (χ4v) is 8.88. The van der Waals surface area contributed by atoms with Gasteiger partial charge >= 0.3 is 0 Å². The molecule has 4 aliphatic carbocycles. The number of fused-ring (bicyclic) bond motifs is 6. The van der Waals surface area contributed by atoms with Crippen LogP contribution in [0.1, 0.15) is 54.9 Å². The number of halogens is 1. The van der Waals surface area contributed by atoms with Crippen LogP contribution >= 0.6 is 0 Å². The summed E-state index contributed by atoms with van der Waals surface area (Å²) in [7, 11) is 0. The Bertz CT molecular complexity index is 1490. The van der Waals surface area contributed by atoms with Gasteiger partial charge in [0.25, 0.3) is 5.88 Å². The van der Waals surface area contributed by atoms with Crippen LogP contribution in [0.4, 0.5) is 4.39 Å². The lowest BCUT2D eigenvalue weighted by Crippen LogP contribution is -2.68. The van der Waals surface area contributed by atoms with Gasteiger partial charge in [-0.2, -0.15) is 0 Å². The Balaban J connectivity index is 1.45. The number of nitrogens with zero attached hydrogens (tertiary/aromatic N) is 1. The lowest BCUT2D eigenvalue weighted by Gasteiger charge is -2.52. The molecular weight excluding hydrogens is 501 g/mol. The molecule has 1 saturated heterocycles. The quantitative estimate of drug-likeness (QED) is 0.515. The number of ketones is 1. The molecule has 0 amide bonds. The van der Waals surface area contributed by atoms with E-state index >= 15 is 0 Å². The summed E-state index contributed by atoms with van der Waals surface area (Å²) >= 11 is 0. The van der Waals surface area contributed by atoms with Crippen LogP contribution < -0.4 is 4.74 Å². The van der Waals surface area contributed by atoms with E-state index in [4.69, 9.17) is 18.7 Å². The SMILES string of the molecule is CC1=C[C@]23C(=O)[C@@H](C=C4COC(C)(C)O[C@H]4[C@]2(O)[C@H]1Oc1noc2cccc(F)c12)[C@@]1(C)[C@@H](C[C@H]3C)C1(C)C. The van der Waals surface area contributed by atoms with Crippen LogP contribution in [-0.2, 0) is 14.3 Å². The molecule has 3 fully saturated rings. The second-order valence-corrected chi connectivity index (χ2v) is 13.6. The highest BCUT2D eigenvalue weighted by Gasteiger charge is 2.81. The van der Waals surface area contributed by atoms with Crippen molar-refractivity contribution in [2.24, 2.45) is 34.0 Å². The van der Waals surface area contributed by atoms with Gasteiger partial charge in [0.2, 0.25) is 0 Å². The standard InChI is InChI=1S/C31H36FNO6/c1-15-13-30-16(2)11-21-27(3,4)29(21,7)18(23(30)34)12-17-14-36-28(5,6)38-25(17)31(30,35)24(15)37-26-22-19(32)9-8-10-20(22)39-33-26/h8-10,12-13,16,18,21,24-25,35H,11,14H2,1-7H3/t16-,18-,21+,24+,25-,29+,30+,31-/m1/s1. The molecule has 2 heterocycles. The molecule has 1 N–H and O–H groups in total. The summed E-state index contributed by atoms with van der Waals surface area (Å²) in [5.41, 5.74) is -1.75. The number of aliphatic hydroxyl groups is 1. The molecule has 1 aromatic carbocycles. The van der Waals surface area contributed by atoms with E-state index in [0.29, 0.717) is 11.5 Å². The molecule has 8 heteroatoms. The van der Waals surface area contributed by atoms with E-state index in [0.717, 1.165) is 12.0 Å². The van der Waals surface area contributed by atoms with E-state index < -0.39 is 40.7 Å². The number of hydrogen-bond donors (Lipinski definition) is 1. The summed E-state index contributed by atoms with van der Waals surface area (Å²) in [4.78, 5) is 15.0. The lowest BCUT2D eigenvalue weighted by molar-refractivity contribution is -0.301. The molecular formula is C31H36FNO6. The second kappa shape index (κ2) is 7.39. The Morgan fingerprint density at radius 2 is 1.92 bits per heavy atom. The smallest absolute Gasteiger partial charge is 0.265 e. The van der Waals surface area contributed by atoms with Crippen molar-refractivity contribution >= 4 is 16.8 Å². The van der Waals surface area contributed by atoms with Crippen molar-refractivity contribution in [1.82, 2.24) is 5.16 Å². The molecule has 7 rings (SSSR count). The maximum absolute atomic E-state index is 15.0. The summed E-state index contributed by atoms with van der Waals surface area (Å²) in [6, 6.07) is 4.46. The Morgan fingerprint density at radius 3 is 2.67 bits per heavy atom. The third kappa shape index (κ3) is 2.83. The topological polar surface area (TPSA) is 91.0 Å². The van der Waals surface area contributed by atoms with Gasteiger partial charge in [0, 0.05) is 5.92 Å². The van der Waals surface area contributed by atoms with Gasteiger partial charge in [-0.25, -0.2) is 4.39 Å². The van der Waals surface area contributed by atoms with Gasteiger partial charge in [0.05, 0.1) is 12.0 Å². The predicted molar refractivity (Wildman–Crippen MR) is 140 cm³/mol. The molecule has 0 unspecified atom stereocenters. The summed E-state index contributed by atoms with van der Waals surface area (Å²) in [5, 5.41) is 17.3. The van der Waals surface area contributed by atoms with Crippen LogP contribution in [-0.4, -0.2) is 46.2 Å². The molecule has 5 aliphatic rings. The molecule has 0 radical (unpaired) electrons. The molecule has 2 bridgehead atoms. The third-order valence-corrected chi connectivity index (χ3v) is 11.3. The van der Waals surface area contributed by atoms with Gasteiger partial charge in [0.15, 0.2) is 28.9 Å². The van der Waals surface area contributed by atoms with Crippen molar-refractivity contribution in [3.8, 4) is 5.88 Å². The van der Waals surface area contributed by atoms with Gasteiger partial charge in [-0.3, -0.25) is 4.79 Å². The molecule has 1 spiro atoms. The van der Waals surface area contributed by atoms with Crippen LogP contribution in [0.2, 0.25) is 0 Å². The molecule has 39 heavy (non-hydrogen) atoms. The number of aromatic nitrogens is 1. The van der Waals surface area contributed by atoms with Gasteiger partial charge in [-0.15, -0.1) is 0 Å². The third-order valence-electron chi connectivity index (χ3n) is 11.3. The van der Waals surface area contributed by atoms with Crippen LogP contribution in [0, 0.1) is 39.8 Å². The van der Waals surface area contributed by atoms with Crippen molar-refractivity contribution in [3.63, 3.8) is 0 Å². The number of Topliss-reactive ketones (excluding diaryl/α,β-unsaturated/α-hetero) is 1. The normalized spacial score (nSPS) is 43.4. The zero-order valence-corrected chi connectivity index (χ0v) is 23.5. The maximum atomic E-state index is 15.0. The predicted octanol–water partition coefficient (Wildman–Crippen LogP) is 5.37. The van der Waals surface area contributed by atoms with E-state index in [1.54, 1.807) is 19.9 Å². The van der Waals surface area contributed by atoms with E-state index in [1.165, 1.54) is 12.1 Å². The fourth-order valence-electron chi connectivity index (χ4n) is 8.88.